The van der Waals surface area contributed by atoms with Crippen LogP contribution in [0.3, 0.4) is 0 Å². The molecule has 0 bridgehead atoms. The second-order valence-corrected chi connectivity index (χ2v) is 5.48. The maximum absolute atomic E-state index is 11.6. The maximum Gasteiger partial charge on any atom is 0.333 e. The van der Waals surface area contributed by atoms with Gasteiger partial charge in [0.25, 0.3) is 0 Å². The normalized spacial score (nSPS) is 10.3. The highest BCUT2D eigenvalue weighted by atomic mass is 16.5. The Labute approximate surface area is 137 Å². The summed E-state index contributed by atoms with van der Waals surface area (Å²) in [5, 5.41) is 0. The van der Waals surface area contributed by atoms with Crippen LogP contribution >= 0.6 is 0 Å². The van der Waals surface area contributed by atoms with E-state index in [1.165, 1.54) is 5.56 Å². The van der Waals surface area contributed by atoms with Gasteiger partial charge in [-0.3, -0.25) is 0 Å². The number of rotatable bonds is 7. The molecule has 0 amide bonds. The van der Waals surface area contributed by atoms with Crippen molar-refractivity contribution in [3.8, 4) is 0 Å². The zero-order chi connectivity index (χ0) is 16.8. The Morgan fingerprint density at radius 3 is 2.65 bits per heavy atom. The van der Waals surface area contributed by atoms with Crippen LogP contribution in [0, 0.1) is 6.92 Å². The van der Waals surface area contributed by atoms with Gasteiger partial charge in [0.1, 0.15) is 12.4 Å². The zero-order valence-corrected chi connectivity index (χ0v) is 13.7. The van der Waals surface area contributed by atoms with Crippen molar-refractivity contribution < 1.29 is 9.53 Å². The van der Waals surface area contributed by atoms with Gasteiger partial charge < -0.3 is 9.30 Å². The molecule has 0 unspecified atom stereocenters. The first-order valence-electron chi connectivity index (χ1n) is 7.55. The highest BCUT2D eigenvalue weighted by Gasteiger charge is 2.16. The molecule has 1 heterocycles. The number of aromatic nitrogens is 2. The van der Waals surface area contributed by atoms with Crippen LogP contribution in [0.1, 0.15) is 29.7 Å². The molecule has 23 heavy (non-hydrogen) atoms. The van der Waals surface area contributed by atoms with Crippen LogP contribution < -0.4 is 0 Å². The number of benzene rings is 1. The molecule has 1 aromatic carbocycles. The Morgan fingerprint density at radius 1 is 1.35 bits per heavy atom. The van der Waals surface area contributed by atoms with Crippen LogP contribution in [0.15, 0.2) is 55.1 Å². The minimum absolute atomic E-state index is 0.188. The third-order valence-electron chi connectivity index (χ3n) is 3.56. The number of allylic oxidation sites excluding steroid dienone is 1. The highest BCUT2D eigenvalue weighted by Crippen LogP contribution is 2.17. The lowest BCUT2D eigenvalue weighted by molar-refractivity contribution is -0.140. The molecule has 0 aliphatic rings. The fourth-order valence-corrected chi connectivity index (χ4v) is 2.37. The standard InChI is InChI=1S/C19H22N2O2/c1-5-11-21-17(13-23-19(22)14(2)3)15(4)20-18(21)12-16-9-7-6-8-10-16/h5-10H,1-2,11-13H2,3-4H3. The maximum atomic E-state index is 11.6. The predicted molar refractivity (Wildman–Crippen MR) is 91.0 cm³/mol. The highest BCUT2D eigenvalue weighted by molar-refractivity contribution is 5.86. The number of esters is 1. The number of ether oxygens (including phenoxy) is 1. The van der Waals surface area contributed by atoms with E-state index in [1.54, 1.807) is 6.92 Å². The number of hydrogen-bond acceptors (Lipinski definition) is 3. The first-order valence-corrected chi connectivity index (χ1v) is 7.55. The molecule has 4 nitrogen and oxygen atoms in total. The topological polar surface area (TPSA) is 44.1 Å². The van der Waals surface area contributed by atoms with Gasteiger partial charge in [-0.2, -0.15) is 0 Å². The van der Waals surface area contributed by atoms with Gasteiger partial charge in [0, 0.05) is 18.5 Å². The second-order valence-electron chi connectivity index (χ2n) is 5.48. The lowest BCUT2D eigenvalue weighted by atomic mass is 10.1. The van der Waals surface area contributed by atoms with E-state index in [0.717, 1.165) is 23.6 Å². The number of imidazole rings is 1. The van der Waals surface area contributed by atoms with Crippen LogP contribution in [0.25, 0.3) is 0 Å². The van der Waals surface area contributed by atoms with Crippen molar-refractivity contribution in [2.75, 3.05) is 0 Å². The van der Waals surface area contributed by atoms with E-state index in [0.29, 0.717) is 12.1 Å². The van der Waals surface area contributed by atoms with Gasteiger partial charge >= 0.3 is 5.97 Å². The molecule has 0 saturated heterocycles. The lowest BCUT2D eigenvalue weighted by Gasteiger charge is -2.11. The Balaban J connectivity index is 2.26. The summed E-state index contributed by atoms with van der Waals surface area (Å²) in [7, 11) is 0. The molecule has 1 aromatic heterocycles. The molecule has 0 atom stereocenters. The van der Waals surface area contributed by atoms with Crippen LogP contribution in [-0.4, -0.2) is 15.5 Å². The SMILES string of the molecule is C=CCn1c(Cc2ccccc2)nc(C)c1COC(=O)C(=C)C. The summed E-state index contributed by atoms with van der Waals surface area (Å²) in [6.07, 6.45) is 2.55. The van der Waals surface area contributed by atoms with Gasteiger partial charge in [-0.15, -0.1) is 6.58 Å². The monoisotopic (exact) mass is 310 g/mol. The predicted octanol–water partition coefficient (Wildman–Crippen LogP) is 3.59. The first-order chi connectivity index (χ1) is 11.0. The van der Waals surface area contributed by atoms with E-state index in [1.807, 2.05) is 31.2 Å². The number of aryl methyl sites for hydroxylation is 1. The fourth-order valence-electron chi connectivity index (χ4n) is 2.37. The van der Waals surface area contributed by atoms with Crippen LogP contribution in [0.2, 0.25) is 0 Å². The minimum atomic E-state index is -0.389. The summed E-state index contributed by atoms with van der Waals surface area (Å²) in [4.78, 5) is 16.3. The summed E-state index contributed by atoms with van der Waals surface area (Å²) in [5.74, 6) is 0.551. The molecule has 0 N–H and O–H groups in total. The molecule has 0 radical (unpaired) electrons. The van der Waals surface area contributed by atoms with Gasteiger partial charge in [0.05, 0.1) is 11.4 Å². The fraction of sp³-hybridized carbons (Fsp3) is 0.263. The number of carbonyl (C=O) groups is 1. The molecular formula is C19H22N2O2. The summed E-state index contributed by atoms with van der Waals surface area (Å²) >= 11 is 0. The van der Waals surface area contributed by atoms with E-state index >= 15 is 0 Å². The Hall–Kier alpha value is -2.62. The minimum Gasteiger partial charge on any atom is -0.456 e. The summed E-state index contributed by atoms with van der Waals surface area (Å²) in [6, 6.07) is 10.2. The van der Waals surface area contributed by atoms with Crippen molar-refractivity contribution in [2.45, 2.75) is 33.4 Å². The van der Waals surface area contributed by atoms with Crippen molar-refractivity contribution >= 4 is 5.97 Å². The van der Waals surface area contributed by atoms with Gasteiger partial charge in [0.15, 0.2) is 0 Å². The number of carbonyl (C=O) groups excluding carboxylic acids is 1. The van der Waals surface area contributed by atoms with E-state index in [2.05, 4.69) is 34.8 Å². The summed E-state index contributed by atoms with van der Waals surface area (Å²) < 4.78 is 7.34. The number of hydrogen-bond donors (Lipinski definition) is 0. The quantitative estimate of drug-likeness (QED) is 0.446. The van der Waals surface area contributed by atoms with E-state index in [-0.39, 0.29) is 12.6 Å². The molecule has 0 saturated carbocycles. The third-order valence-corrected chi connectivity index (χ3v) is 3.56. The Kier molecular flexibility index (Phi) is 5.52. The smallest absolute Gasteiger partial charge is 0.333 e. The lowest BCUT2D eigenvalue weighted by Crippen LogP contribution is -2.11. The molecule has 4 heteroatoms. The molecule has 120 valence electrons. The van der Waals surface area contributed by atoms with Crippen molar-refractivity contribution in [1.29, 1.82) is 0 Å². The van der Waals surface area contributed by atoms with Gasteiger partial charge in [-0.25, -0.2) is 9.78 Å². The first kappa shape index (κ1) is 16.7. The Bertz CT molecular complexity index is 714. The second kappa shape index (κ2) is 7.58. The van der Waals surface area contributed by atoms with Crippen molar-refractivity contribution in [2.24, 2.45) is 0 Å². The molecule has 0 aliphatic heterocycles. The zero-order valence-electron chi connectivity index (χ0n) is 13.7. The summed E-state index contributed by atoms with van der Waals surface area (Å²) in [5.41, 5.74) is 3.34. The molecule has 0 fully saturated rings. The molecule has 2 aromatic rings. The molecule has 0 spiro atoms. The summed E-state index contributed by atoms with van der Waals surface area (Å²) in [6.45, 7) is 11.8. The van der Waals surface area contributed by atoms with E-state index < -0.39 is 0 Å². The number of nitrogens with zero attached hydrogens (tertiary/aromatic N) is 2. The van der Waals surface area contributed by atoms with E-state index in [4.69, 9.17) is 4.74 Å². The van der Waals surface area contributed by atoms with Crippen molar-refractivity contribution in [3.63, 3.8) is 0 Å². The van der Waals surface area contributed by atoms with E-state index in [9.17, 15) is 4.79 Å². The van der Waals surface area contributed by atoms with Crippen LogP contribution in [-0.2, 0) is 29.1 Å². The molecular weight excluding hydrogens is 288 g/mol. The van der Waals surface area contributed by atoms with Crippen LogP contribution in [0.5, 0.6) is 0 Å². The van der Waals surface area contributed by atoms with Crippen molar-refractivity contribution in [3.05, 3.63) is 77.9 Å². The third kappa shape index (κ3) is 4.19. The molecule has 0 aliphatic carbocycles. The van der Waals surface area contributed by atoms with Crippen molar-refractivity contribution in [1.82, 2.24) is 9.55 Å². The Morgan fingerprint density at radius 2 is 2.04 bits per heavy atom. The van der Waals surface area contributed by atoms with Crippen LogP contribution in [0.4, 0.5) is 0 Å². The average Bonchev–Trinajstić information content (AvgIpc) is 2.81. The van der Waals surface area contributed by atoms with Gasteiger partial charge in [-0.1, -0.05) is 43.0 Å². The molecule has 2 rings (SSSR count). The largest absolute Gasteiger partial charge is 0.456 e. The van der Waals surface area contributed by atoms with Gasteiger partial charge in [0.2, 0.25) is 0 Å². The van der Waals surface area contributed by atoms with Gasteiger partial charge in [-0.05, 0) is 19.4 Å². The average molecular weight is 310 g/mol.